The summed E-state index contributed by atoms with van der Waals surface area (Å²) in [5.74, 6) is 0.585. The van der Waals surface area contributed by atoms with Crippen LogP contribution in [0.5, 0.6) is 0 Å². The molecule has 0 saturated carbocycles. The van der Waals surface area contributed by atoms with Crippen LogP contribution < -0.4 is 5.32 Å². The average molecular weight is 436 g/mol. The van der Waals surface area contributed by atoms with Crippen molar-refractivity contribution < 1.29 is 23.8 Å². The topological polar surface area (TPSA) is 92.5 Å². The van der Waals surface area contributed by atoms with Gasteiger partial charge in [-0.3, -0.25) is 4.79 Å². The fraction of sp³-hybridized carbons (Fsp3) is 0.522. The van der Waals surface area contributed by atoms with Gasteiger partial charge in [0.05, 0.1) is 20.4 Å². The molecule has 1 rings (SSSR count). The summed E-state index contributed by atoms with van der Waals surface area (Å²) in [6, 6.07) is -0.139. The molecule has 1 aliphatic rings. The maximum absolute atomic E-state index is 14.8. The van der Waals surface area contributed by atoms with Gasteiger partial charge in [-0.05, 0) is 37.8 Å². The van der Waals surface area contributed by atoms with Gasteiger partial charge in [-0.25, -0.2) is 14.4 Å². The Kier molecular flexibility index (Phi) is 12.1. The van der Waals surface area contributed by atoms with Gasteiger partial charge in [-0.15, -0.1) is 0 Å². The highest BCUT2D eigenvalue weighted by Gasteiger charge is 2.23. The lowest BCUT2D eigenvalue weighted by molar-refractivity contribution is -0.115. The number of aliphatic imine (C=N–C) groups is 2. The molecule has 31 heavy (non-hydrogen) atoms. The first-order chi connectivity index (χ1) is 14.9. The number of nitrogens with zero attached hydrogens (tertiary/aromatic N) is 2. The molecule has 172 valence electrons. The first kappa shape index (κ1) is 26.3. The molecule has 0 bridgehead atoms. The third kappa shape index (κ3) is 8.49. The lowest BCUT2D eigenvalue weighted by Gasteiger charge is -2.21. The Morgan fingerprint density at radius 3 is 2.77 bits per heavy atom. The highest BCUT2D eigenvalue weighted by molar-refractivity contribution is 6.26. The van der Waals surface area contributed by atoms with Gasteiger partial charge in [0.2, 0.25) is 5.88 Å². The van der Waals surface area contributed by atoms with E-state index >= 15 is 0 Å². The highest BCUT2D eigenvalue weighted by Crippen LogP contribution is 2.33. The lowest BCUT2D eigenvalue weighted by atomic mass is 9.92. The van der Waals surface area contributed by atoms with Crippen molar-refractivity contribution in [1.82, 2.24) is 5.32 Å². The zero-order valence-electron chi connectivity index (χ0n) is 18.9. The number of hydrogen-bond acceptors (Lipinski definition) is 6. The monoisotopic (exact) mass is 435 g/mol. The van der Waals surface area contributed by atoms with Gasteiger partial charge in [0.1, 0.15) is 17.6 Å². The van der Waals surface area contributed by atoms with E-state index in [9.17, 15) is 9.18 Å². The van der Waals surface area contributed by atoms with E-state index < -0.39 is 6.17 Å². The summed E-state index contributed by atoms with van der Waals surface area (Å²) < 4.78 is 25.3. The van der Waals surface area contributed by atoms with Crippen LogP contribution in [0.15, 0.2) is 57.2 Å². The molecule has 2 N–H and O–H groups in total. The normalized spacial score (nSPS) is 17.0. The molecule has 0 aliphatic heterocycles. The second kappa shape index (κ2) is 14.3. The molecule has 7 nitrogen and oxygen atoms in total. The average Bonchev–Trinajstić information content (AvgIpc) is 2.79. The van der Waals surface area contributed by atoms with E-state index in [2.05, 4.69) is 21.9 Å². The number of carbonyl (C=O) groups excluding carboxylic acids is 1. The third-order valence-corrected chi connectivity index (χ3v) is 4.82. The predicted molar refractivity (Wildman–Crippen MR) is 122 cm³/mol. The van der Waals surface area contributed by atoms with Crippen LogP contribution in [-0.2, 0) is 14.3 Å². The number of aliphatic hydroxyl groups is 1. The number of methoxy groups -OCH3 is 2. The van der Waals surface area contributed by atoms with Crippen LogP contribution >= 0.6 is 0 Å². The standard InChI is InChI=1S/C23H34FN3O4/c1-6-17(12-14-28)27-21(29)15-26-23-18(9-8-10-20(23)30-4)16(3)19(24)11-13-25-22(7-2)31-5/h7,9,13,15,17,19,28H,3,6,8,10-12,14H2,1-2,4-5H3,(H,27,29)/b22-7+,25-13-,26-15?. The third-order valence-electron chi connectivity index (χ3n) is 4.82. The van der Waals surface area contributed by atoms with Crippen LogP contribution in [0.3, 0.4) is 0 Å². The molecule has 1 amide bonds. The number of amides is 1. The molecule has 0 radical (unpaired) electrons. The molecule has 2 atom stereocenters. The molecule has 0 saturated heterocycles. The minimum Gasteiger partial charge on any atom is -0.499 e. The molecule has 0 aromatic heterocycles. The highest BCUT2D eigenvalue weighted by atomic mass is 19.1. The van der Waals surface area contributed by atoms with Crippen LogP contribution in [0.2, 0.25) is 0 Å². The van der Waals surface area contributed by atoms with Crippen LogP contribution in [-0.4, -0.2) is 56.5 Å². The summed E-state index contributed by atoms with van der Waals surface area (Å²) in [6.45, 7) is 7.59. The molecule has 2 unspecified atom stereocenters. The zero-order valence-corrected chi connectivity index (χ0v) is 18.9. The van der Waals surface area contributed by atoms with Crippen molar-refractivity contribution in [3.05, 3.63) is 47.2 Å². The second-order valence-electron chi connectivity index (χ2n) is 6.89. The van der Waals surface area contributed by atoms with Crippen LogP contribution in [0.1, 0.15) is 46.0 Å². The van der Waals surface area contributed by atoms with Crippen LogP contribution in [0, 0.1) is 0 Å². The second-order valence-corrected chi connectivity index (χ2v) is 6.89. The SMILES string of the molecule is C=C(C1=CCCC(OC)=C1N=CC(=O)NC(CC)CCO)C(F)C/C=N\C(=C/C)OC. The minimum atomic E-state index is -1.38. The summed E-state index contributed by atoms with van der Waals surface area (Å²) >= 11 is 0. The van der Waals surface area contributed by atoms with Gasteiger partial charge in [0.15, 0.2) is 0 Å². The summed E-state index contributed by atoms with van der Waals surface area (Å²) in [7, 11) is 3.02. The van der Waals surface area contributed by atoms with E-state index in [1.165, 1.54) is 20.4 Å². The van der Waals surface area contributed by atoms with Crippen molar-refractivity contribution in [1.29, 1.82) is 0 Å². The lowest BCUT2D eigenvalue weighted by Crippen LogP contribution is -2.35. The van der Waals surface area contributed by atoms with Gasteiger partial charge >= 0.3 is 0 Å². The van der Waals surface area contributed by atoms with Crippen LogP contribution in [0.4, 0.5) is 4.39 Å². The van der Waals surface area contributed by atoms with Gasteiger partial charge in [0.25, 0.3) is 5.91 Å². The fourth-order valence-corrected chi connectivity index (χ4v) is 3.02. The van der Waals surface area contributed by atoms with Gasteiger partial charge < -0.3 is 19.9 Å². The van der Waals surface area contributed by atoms with E-state index in [4.69, 9.17) is 14.6 Å². The molecule has 0 fully saturated rings. The number of halogens is 1. The quantitative estimate of drug-likeness (QED) is 0.340. The number of allylic oxidation sites excluding steroid dienone is 4. The molecular formula is C23H34FN3O4. The Morgan fingerprint density at radius 1 is 1.45 bits per heavy atom. The van der Waals surface area contributed by atoms with Crippen molar-refractivity contribution >= 4 is 18.3 Å². The Hall–Kier alpha value is -2.74. The van der Waals surface area contributed by atoms with E-state index in [0.29, 0.717) is 48.6 Å². The number of nitrogens with one attached hydrogen (secondary N) is 1. The van der Waals surface area contributed by atoms with Gasteiger partial charge in [-0.1, -0.05) is 19.6 Å². The molecule has 0 aromatic carbocycles. The van der Waals surface area contributed by atoms with Crippen molar-refractivity contribution in [2.24, 2.45) is 9.98 Å². The molecule has 0 spiro atoms. The molecule has 0 heterocycles. The first-order valence-electron chi connectivity index (χ1n) is 10.4. The van der Waals surface area contributed by atoms with E-state index in [-0.39, 0.29) is 30.5 Å². The number of hydrogen-bond donors (Lipinski definition) is 2. The maximum atomic E-state index is 14.8. The zero-order chi connectivity index (χ0) is 23.2. The largest absolute Gasteiger partial charge is 0.499 e. The number of ether oxygens (including phenoxy) is 2. The number of aliphatic hydroxyl groups excluding tert-OH is 1. The molecular weight excluding hydrogens is 401 g/mol. The fourth-order valence-electron chi connectivity index (χ4n) is 3.02. The summed E-state index contributed by atoms with van der Waals surface area (Å²) in [4.78, 5) is 20.6. The summed E-state index contributed by atoms with van der Waals surface area (Å²) in [6.07, 6.45) is 7.19. The van der Waals surface area contributed by atoms with Crippen molar-refractivity contribution in [3.8, 4) is 0 Å². The van der Waals surface area contributed by atoms with E-state index in [1.807, 2.05) is 13.0 Å². The Balaban J connectivity index is 2.96. The van der Waals surface area contributed by atoms with E-state index in [1.54, 1.807) is 13.0 Å². The smallest absolute Gasteiger partial charge is 0.262 e. The number of rotatable bonds is 13. The minimum absolute atomic E-state index is 0.0112. The molecule has 8 heteroatoms. The van der Waals surface area contributed by atoms with Gasteiger partial charge in [0, 0.05) is 37.3 Å². The van der Waals surface area contributed by atoms with Crippen molar-refractivity contribution in [3.63, 3.8) is 0 Å². The Labute approximate surface area is 184 Å². The van der Waals surface area contributed by atoms with Crippen molar-refractivity contribution in [2.75, 3.05) is 20.8 Å². The summed E-state index contributed by atoms with van der Waals surface area (Å²) in [5.41, 5.74) is 1.17. The predicted octanol–water partition coefficient (Wildman–Crippen LogP) is 3.78. The number of alkyl halides is 1. The first-order valence-corrected chi connectivity index (χ1v) is 10.4. The Bertz CT molecular complexity index is 769. The molecule has 1 aliphatic carbocycles. The van der Waals surface area contributed by atoms with E-state index in [0.717, 1.165) is 6.21 Å². The van der Waals surface area contributed by atoms with Gasteiger partial charge in [-0.2, -0.15) is 0 Å². The van der Waals surface area contributed by atoms with Crippen LogP contribution in [0.25, 0.3) is 0 Å². The number of carbonyl (C=O) groups is 1. The summed E-state index contributed by atoms with van der Waals surface area (Å²) in [5, 5.41) is 11.9. The van der Waals surface area contributed by atoms with Crippen molar-refractivity contribution in [2.45, 2.75) is 58.2 Å². The Morgan fingerprint density at radius 2 is 2.19 bits per heavy atom. The maximum Gasteiger partial charge on any atom is 0.262 e. The molecule has 0 aromatic rings.